The van der Waals surface area contributed by atoms with E-state index in [4.69, 9.17) is 0 Å². The third kappa shape index (κ3) is 2.86. The molecule has 0 atom stereocenters. The number of aromatic nitrogens is 5. The first-order valence-corrected chi connectivity index (χ1v) is 6.06. The van der Waals surface area contributed by atoms with E-state index in [0.717, 1.165) is 18.1 Å². The van der Waals surface area contributed by atoms with E-state index in [9.17, 15) is 0 Å². The van der Waals surface area contributed by atoms with E-state index >= 15 is 0 Å². The molecule has 0 aliphatic rings. The van der Waals surface area contributed by atoms with Gasteiger partial charge >= 0.3 is 0 Å². The third-order valence-corrected chi connectivity index (χ3v) is 2.79. The maximum Gasteiger partial charge on any atom is 0.138 e. The summed E-state index contributed by atoms with van der Waals surface area (Å²) in [4.78, 5) is 4.05. The van der Waals surface area contributed by atoms with Gasteiger partial charge in [-0.1, -0.05) is 12.1 Å². The predicted octanol–water partition coefficient (Wildman–Crippen LogP) is 1.28. The molecule has 0 aliphatic heterocycles. The number of rotatable bonds is 5. The number of nitrogens with one attached hydrogen (secondary N) is 2. The first kappa shape index (κ1) is 11.6. The van der Waals surface area contributed by atoms with E-state index in [1.807, 2.05) is 16.9 Å². The van der Waals surface area contributed by atoms with E-state index in [2.05, 4.69) is 49.9 Å². The van der Waals surface area contributed by atoms with Crippen LogP contribution >= 0.6 is 0 Å². The van der Waals surface area contributed by atoms with Crippen molar-refractivity contribution in [2.75, 3.05) is 0 Å². The summed E-state index contributed by atoms with van der Waals surface area (Å²) in [6, 6.07) is 10.2. The molecule has 2 heterocycles. The summed E-state index contributed by atoms with van der Waals surface area (Å²) >= 11 is 0. The molecule has 0 amide bonds. The summed E-state index contributed by atoms with van der Waals surface area (Å²) in [6.07, 6.45) is 5.21. The van der Waals surface area contributed by atoms with Gasteiger partial charge in [-0.25, -0.2) is 9.67 Å². The average molecular weight is 254 g/mol. The molecule has 0 bridgehead atoms. The summed E-state index contributed by atoms with van der Waals surface area (Å²) in [6.45, 7) is 1.47. The molecule has 96 valence electrons. The van der Waals surface area contributed by atoms with E-state index in [0.29, 0.717) is 6.54 Å². The minimum atomic E-state index is 0.681. The van der Waals surface area contributed by atoms with Crippen LogP contribution in [-0.4, -0.2) is 25.0 Å². The largest absolute Gasteiger partial charge is 0.306 e. The van der Waals surface area contributed by atoms with E-state index in [1.54, 1.807) is 6.20 Å². The highest BCUT2D eigenvalue weighted by atomic mass is 15.3. The summed E-state index contributed by atoms with van der Waals surface area (Å²) in [5.74, 6) is 0.841. The van der Waals surface area contributed by atoms with Crippen molar-refractivity contribution in [2.45, 2.75) is 13.1 Å². The fraction of sp³-hybridized carbons (Fsp3) is 0.154. The summed E-state index contributed by atoms with van der Waals surface area (Å²) < 4.78 is 1.84. The van der Waals surface area contributed by atoms with Crippen molar-refractivity contribution < 1.29 is 0 Å². The Morgan fingerprint density at radius 1 is 1.16 bits per heavy atom. The quantitative estimate of drug-likeness (QED) is 0.719. The molecule has 0 spiro atoms. The fourth-order valence-corrected chi connectivity index (χ4v) is 1.83. The summed E-state index contributed by atoms with van der Waals surface area (Å²) in [5, 5.41) is 14.1. The lowest BCUT2D eigenvalue weighted by molar-refractivity contribution is 0.664. The van der Waals surface area contributed by atoms with Gasteiger partial charge in [0.15, 0.2) is 0 Å². The second-order valence-electron chi connectivity index (χ2n) is 4.15. The van der Waals surface area contributed by atoms with Gasteiger partial charge in [-0.15, -0.1) is 0 Å². The van der Waals surface area contributed by atoms with Gasteiger partial charge in [-0.3, -0.25) is 5.10 Å². The zero-order valence-electron chi connectivity index (χ0n) is 10.3. The van der Waals surface area contributed by atoms with E-state index in [-0.39, 0.29) is 0 Å². The van der Waals surface area contributed by atoms with Crippen molar-refractivity contribution in [1.82, 2.24) is 30.3 Å². The number of hydrogen-bond donors (Lipinski definition) is 2. The first-order valence-electron chi connectivity index (χ1n) is 6.06. The molecule has 2 N–H and O–H groups in total. The highest BCUT2D eigenvalue weighted by Gasteiger charge is 1.98. The van der Waals surface area contributed by atoms with Crippen molar-refractivity contribution in [1.29, 1.82) is 0 Å². The van der Waals surface area contributed by atoms with Crippen molar-refractivity contribution in [2.24, 2.45) is 0 Å². The molecule has 1 aromatic carbocycles. The topological polar surface area (TPSA) is 71.4 Å². The van der Waals surface area contributed by atoms with E-state index < -0.39 is 0 Å². The van der Waals surface area contributed by atoms with Gasteiger partial charge in [0.1, 0.15) is 12.2 Å². The lowest BCUT2D eigenvalue weighted by atomic mass is 10.2. The van der Waals surface area contributed by atoms with Gasteiger partial charge in [0, 0.05) is 18.9 Å². The minimum Gasteiger partial charge on any atom is -0.306 e. The van der Waals surface area contributed by atoms with Crippen LogP contribution in [-0.2, 0) is 13.1 Å². The number of aromatic amines is 1. The molecular weight excluding hydrogens is 240 g/mol. The number of benzene rings is 1. The van der Waals surface area contributed by atoms with Gasteiger partial charge < -0.3 is 5.32 Å². The summed E-state index contributed by atoms with van der Waals surface area (Å²) in [7, 11) is 0. The molecule has 0 aliphatic carbocycles. The molecule has 0 saturated heterocycles. The van der Waals surface area contributed by atoms with Crippen LogP contribution in [0.15, 0.2) is 49.1 Å². The Balaban J connectivity index is 1.57. The maximum atomic E-state index is 4.19. The molecule has 0 saturated carbocycles. The highest BCUT2D eigenvalue weighted by Crippen LogP contribution is 2.08. The van der Waals surface area contributed by atoms with Crippen molar-refractivity contribution in [3.05, 3.63) is 60.4 Å². The van der Waals surface area contributed by atoms with Gasteiger partial charge in [0.2, 0.25) is 0 Å². The molecular formula is C13H14N6. The van der Waals surface area contributed by atoms with Crippen molar-refractivity contribution in [3.63, 3.8) is 0 Å². The second-order valence-corrected chi connectivity index (χ2v) is 4.15. The van der Waals surface area contributed by atoms with Crippen molar-refractivity contribution >= 4 is 0 Å². The van der Waals surface area contributed by atoms with Crippen LogP contribution in [0.5, 0.6) is 0 Å². The van der Waals surface area contributed by atoms with Crippen LogP contribution in [0.3, 0.4) is 0 Å². The normalized spacial score (nSPS) is 10.7. The molecule has 19 heavy (non-hydrogen) atoms. The Bertz CT molecular complexity index is 597. The van der Waals surface area contributed by atoms with E-state index in [1.165, 1.54) is 11.9 Å². The highest BCUT2D eigenvalue weighted by molar-refractivity contribution is 5.33. The molecule has 0 radical (unpaired) electrons. The molecule has 3 aromatic rings. The monoisotopic (exact) mass is 254 g/mol. The zero-order valence-corrected chi connectivity index (χ0v) is 10.3. The molecule has 2 aromatic heterocycles. The van der Waals surface area contributed by atoms with Crippen LogP contribution in [0.1, 0.15) is 11.4 Å². The van der Waals surface area contributed by atoms with Crippen LogP contribution in [0.4, 0.5) is 0 Å². The molecule has 6 heteroatoms. The molecule has 0 fully saturated rings. The Kier molecular flexibility index (Phi) is 3.33. The number of hydrogen-bond acceptors (Lipinski definition) is 4. The number of H-pyrrole nitrogens is 1. The predicted molar refractivity (Wildman–Crippen MR) is 70.5 cm³/mol. The Labute approximate surface area is 110 Å². The fourth-order valence-electron chi connectivity index (χ4n) is 1.83. The molecule has 0 unspecified atom stereocenters. The standard InChI is InChI=1S/C13H14N6/c1-6-17-19(7-1)12-4-2-11(3-5-12)8-14-9-13-15-10-16-18-13/h1-7,10,14H,8-9H2,(H,15,16,18). The second kappa shape index (κ2) is 5.45. The summed E-state index contributed by atoms with van der Waals surface area (Å²) in [5.41, 5.74) is 2.28. The Hall–Kier alpha value is -2.47. The van der Waals surface area contributed by atoms with Crippen LogP contribution in [0.25, 0.3) is 5.69 Å². The van der Waals surface area contributed by atoms with Crippen molar-refractivity contribution in [3.8, 4) is 5.69 Å². The van der Waals surface area contributed by atoms with Crippen LogP contribution in [0.2, 0.25) is 0 Å². The zero-order chi connectivity index (χ0) is 12.9. The third-order valence-electron chi connectivity index (χ3n) is 2.79. The SMILES string of the molecule is c1cnn(-c2ccc(CNCc3ncn[nH]3)cc2)c1. The average Bonchev–Trinajstić information content (AvgIpc) is 3.13. The lowest BCUT2D eigenvalue weighted by Crippen LogP contribution is -2.13. The van der Waals surface area contributed by atoms with Crippen LogP contribution in [0, 0.1) is 0 Å². The molecule has 3 rings (SSSR count). The van der Waals surface area contributed by atoms with Crippen LogP contribution < -0.4 is 5.32 Å². The first-order chi connectivity index (χ1) is 9.42. The Morgan fingerprint density at radius 2 is 2.05 bits per heavy atom. The minimum absolute atomic E-state index is 0.681. The van der Waals surface area contributed by atoms with Gasteiger partial charge in [0.05, 0.1) is 12.2 Å². The Morgan fingerprint density at radius 3 is 2.74 bits per heavy atom. The molecule has 6 nitrogen and oxygen atoms in total. The van der Waals surface area contributed by atoms with Gasteiger partial charge in [-0.2, -0.15) is 10.2 Å². The van der Waals surface area contributed by atoms with Gasteiger partial charge in [-0.05, 0) is 23.8 Å². The smallest absolute Gasteiger partial charge is 0.138 e. The number of nitrogens with zero attached hydrogens (tertiary/aromatic N) is 4. The maximum absolute atomic E-state index is 4.19. The lowest BCUT2D eigenvalue weighted by Gasteiger charge is -2.05. The van der Waals surface area contributed by atoms with Gasteiger partial charge in [0.25, 0.3) is 0 Å².